The first-order valence-electron chi connectivity index (χ1n) is 5.35. The SMILES string of the molecule is Cc1nc(/C=C2\C(=O)Nc3ccc(F)cc32)n[nH]1. The second kappa shape index (κ2) is 3.76. The third-order valence-electron chi connectivity index (χ3n) is 2.65. The van der Waals surface area contributed by atoms with Crippen molar-refractivity contribution in [3.05, 3.63) is 41.2 Å². The van der Waals surface area contributed by atoms with Crippen LogP contribution in [0.2, 0.25) is 0 Å². The normalized spacial score (nSPS) is 15.9. The highest BCUT2D eigenvalue weighted by Crippen LogP contribution is 2.32. The minimum Gasteiger partial charge on any atom is -0.321 e. The second-order valence-corrected chi connectivity index (χ2v) is 3.98. The van der Waals surface area contributed by atoms with Gasteiger partial charge in [-0.05, 0) is 31.2 Å². The summed E-state index contributed by atoms with van der Waals surface area (Å²) >= 11 is 0. The van der Waals surface area contributed by atoms with Gasteiger partial charge in [0.2, 0.25) is 0 Å². The number of aromatic nitrogens is 3. The number of aromatic amines is 1. The molecule has 0 atom stereocenters. The van der Waals surface area contributed by atoms with Gasteiger partial charge in [0, 0.05) is 11.3 Å². The lowest BCUT2D eigenvalue weighted by molar-refractivity contribution is -0.110. The maximum Gasteiger partial charge on any atom is 0.256 e. The van der Waals surface area contributed by atoms with Crippen molar-refractivity contribution in [2.45, 2.75) is 6.92 Å². The minimum atomic E-state index is -0.387. The van der Waals surface area contributed by atoms with E-state index in [1.54, 1.807) is 6.92 Å². The van der Waals surface area contributed by atoms with Gasteiger partial charge in [-0.25, -0.2) is 9.37 Å². The number of rotatable bonds is 1. The Kier molecular flexibility index (Phi) is 2.22. The van der Waals surface area contributed by atoms with Crippen molar-refractivity contribution in [3.63, 3.8) is 0 Å². The van der Waals surface area contributed by atoms with Crippen molar-refractivity contribution in [1.29, 1.82) is 0 Å². The van der Waals surface area contributed by atoms with Gasteiger partial charge in [-0.2, -0.15) is 5.10 Å². The van der Waals surface area contributed by atoms with Crippen molar-refractivity contribution in [1.82, 2.24) is 15.2 Å². The van der Waals surface area contributed by atoms with E-state index in [0.717, 1.165) is 0 Å². The monoisotopic (exact) mass is 244 g/mol. The molecule has 0 spiro atoms. The number of amides is 1. The molecular weight excluding hydrogens is 235 g/mol. The molecule has 0 aliphatic carbocycles. The molecule has 1 aliphatic heterocycles. The molecule has 1 aromatic heterocycles. The van der Waals surface area contributed by atoms with E-state index in [-0.39, 0.29) is 11.7 Å². The number of benzene rings is 1. The van der Waals surface area contributed by atoms with E-state index in [2.05, 4.69) is 20.5 Å². The van der Waals surface area contributed by atoms with Crippen LogP contribution < -0.4 is 5.32 Å². The number of carbonyl (C=O) groups excluding carboxylic acids is 1. The van der Waals surface area contributed by atoms with E-state index in [1.807, 2.05) is 0 Å². The van der Waals surface area contributed by atoms with Crippen molar-refractivity contribution in [2.24, 2.45) is 0 Å². The van der Waals surface area contributed by atoms with Gasteiger partial charge in [0.15, 0.2) is 5.82 Å². The topological polar surface area (TPSA) is 70.7 Å². The van der Waals surface area contributed by atoms with Crippen LogP contribution in [0.5, 0.6) is 0 Å². The van der Waals surface area contributed by atoms with Gasteiger partial charge in [0.25, 0.3) is 5.91 Å². The van der Waals surface area contributed by atoms with Gasteiger partial charge in [0.1, 0.15) is 11.6 Å². The average Bonchev–Trinajstić information content (AvgIpc) is 2.86. The molecule has 0 radical (unpaired) electrons. The zero-order valence-corrected chi connectivity index (χ0v) is 9.49. The van der Waals surface area contributed by atoms with E-state index in [0.29, 0.717) is 28.5 Å². The van der Waals surface area contributed by atoms with Crippen molar-refractivity contribution in [2.75, 3.05) is 5.32 Å². The third-order valence-corrected chi connectivity index (χ3v) is 2.65. The fourth-order valence-corrected chi connectivity index (χ4v) is 1.86. The van der Waals surface area contributed by atoms with E-state index in [4.69, 9.17) is 0 Å². The number of aryl methyl sites for hydroxylation is 1. The summed E-state index contributed by atoms with van der Waals surface area (Å²) in [6.45, 7) is 1.76. The molecule has 0 unspecified atom stereocenters. The first kappa shape index (κ1) is 10.6. The van der Waals surface area contributed by atoms with Gasteiger partial charge < -0.3 is 5.32 Å². The Balaban J connectivity index is 2.11. The van der Waals surface area contributed by atoms with Crippen molar-refractivity contribution in [3.8, 4) is 0 Å². The Morgan fingerprint density at radius 3 is 2.94 bits per heavy atom. The lowest BCUT2D eigenvalue weighted by atomic mass is 10.1. The molecule has 1 amide bonds. The Morgan fingerprint density at radius 2 is 2.22 bits per heavy atom. The molecule has 1 aliphatic rings. The van der Waals surface area contributed by atoms with E-state index in [1.165, 1.54) is 24.3 Å². The molecule has 18 heavy (non-hydrogen) atoms. The number of hydrogen-bond donors (Lipinski definition) is 2. The number of carbonyl (C=O) groups is 1. The van der Waals surface area contributed by atoms with Crippen LogP contribution >= 0.6 is 0 Å². The maximum atomic E-state index is 13.2. The molecule has 90 valence electrons. The van der Waals surface area contributed by atoms with Crippen LogP contribution in [0.15, 0.2) is 18.2 Å². The minimum absolute atomic E-state index is 0.280. The lowest BCUT2D eigenvalue weighted by Gasteiger charge is -1.97. The van der Waals surface area contributed by atoms with Crippen LogP contribution in [-0.2, 0) is 4.79 Å². The number of nitrogens with one attached hydrogen (secondary N) is 2. The highest BCUT2D eigenvalue weighted by molar-refractivity contribution is 6.34. The van der Waals surface area contributed by atoms with Crippen LogP contribution in [-0.4, -0.2) is 21.1 Å². The Morgan fingerprint density at radius 1 is 1.39 bits per heavy atom. The maximum absolute atomic E-state index is 13.2. The number of H-pyrrole nitrogens is 1. The van der Waals surface area contributed by atoms with Gasteiger partial charge in [0.05, 0.1) is 5.57 Å². The average molecular weight is 244 g/mol. The van der Waals surface area contributed by atoms with Crippen LogP contribution in [0.1, 0.15) is 17.2 Å². The largest absolute Gasteiger partial charge is 0.321 e. The molecule has 0 saturated heterocycles. The van der Waals surface area contributed by atoms with Gasteiger partial charge >= 0.3 is 0 Å². The first-order chi connectivity index (χ1) is 8.63. The van der Waals surface area contributed by atoms with Gasteiger partial charge in [-0.1, -0.05) is 0 Å². The standard InChI is InChI=1S/C12H9FN4O/c1-6-14-11(17-16-6)5-9-8-4-7(13)2-3-10(8)15-12(9)18/h2-5H,1H3,(H,15,18)(H,14,16,17)/b9-5-. The fraction of sp³-hybridized carbons (Fsp3) is 0.0833. The summed E-state index contributed by atoms with van der Waals surface area (Å²) < 4.78 is 13.2. The number of fused-ring (bicyclic) bond motifs is 1. The molecule has 2 heterocycles. The molecule has 0 saturated carbocycles. The smallest absolute Gasteiger partial charge is 0.256 e. The van der Waals surface area contributed by atoms with E-state index in [9.17, 15) is 9.18 Å². The Bertz CT molecular complexity index is 674. The summed E-state index contributed by atoms with van der Waals surface area (Å²) in [6.07, 6.45) is 1.53. The Hall–Kier alpha value is -2.50. The molecule has 2 N–H and O–H groups in total. The number of anilines is 1. The molecule has 2 aromatic rings. The van der Waals surface area contributed by atoms with Crippen LogP contribution in [0.4, 0.5) is 10.1 Å². The van der Waals surface area contributed by atoms with Crippen molar-refractivity contribution < 1.29 is 9.18 Å². The molecule has 6 heteroatoms. The highest BCUT2D eigenvalue weighted by Gasteiger charge is 2.24. The lowest BCUT2D eigenvalue weighted by Crippen LogP contribution is -2.03. The molecule has 1 aromatic carbocycles. The molecule has 3 rings (SSSR count). The molecule has 0 bridgehead atoms. The third kappa shape index (κ3) is 1.67. The zero-order chi connectivity index (χ0) is 12.7. The predicted molar refractivity (Wildman–Crippen MR) is 64.0 cm³/mol. The second-order valence-electron chi connectivity index (χ2n) is 3.98. The van der Waals surface area contributed by atoms with Crippen LogP contribution in [0, 0.1) is 12.7 Å². The molecule has 0 fully saturated rings. The fourth-order valence-electron chi connectivity index (χ4n) is 1.86. The summed E-state index contributed by atoms with van der Waals surface area (Å²) in [7, 11) is 0. The zero-order valence-electron chi connectivity index (χ0n) is 9.49. The molecular formula is C12H9FN4O. The number of nitrogens with zero attached hydrogens (tertiary/aromatic N) is 2. The van der Waals surface area contributed by atoms with Gasteiger partial charge in [-0.3, -0.25) is 9.89 Å². The quantitative estimate of drug-likeness (QED) is 0.751. The first-order valence-corrected chi connectivity index (χ1v) is 5.35. The van der Waals surface area contributed by atoms with E-state index < -0.39 is 0 Å². The van der Waals surface area contributed by atoms with Crippen LogP contribution in [0.3, 0.4) is 0 Å². The predicted octanol–water partition coefficient (Wildman–Crippen LogP) is 1.74. The summed E-state index contributed by atoms with van der Waals surface area (Å²) in [5, 5.41) is 9.27. The van der Waals surface area contributed by atoms with E-state index >= 15 is 0 Å². The highest BCUT2D eigenvalue weighted by atomic mass is 19.1. The van der Waals surface area contributed by atoms with Crippen LogP contribution in [0.25, 0.3) is 11.6 Å². The summed E-state index contributed by atoms with van der Waals surface area (Å²) in [6, 6.07) is 4.16. The van der Waals surface area contributed by atoms with Gasteiger partial charge in [-0.15, -0.1) is 0 Å². The van der Waals surface area contributed by atoms with Crippen molar-refractivity contribution >= 4 is 23.2 Å². The Labute approximate surface area is 102 Å². The molecule has 5 nitrogen and oxygen atoms in total. The number of hydrogen-bond acceptors (Lipinski definition) is 3. The summed E-state index contributed by atoms with van der Waals surface area (Å²) in [4.78, 5) is 15.9. The number of halogens is 1. The summed E-state index contributed by atoms with van der Waals surface area (Å²) in [5.74, 6) is 0.384. The summed E-state index contributed by atoms with van der Waals surface area (Å²) in [5.41, 5.74) is 1.49.